The average molecular weight is 228 g/mol. The fourth-order valence-corrected chi connectivity index (χ4v) is 2.02. The van der Waals surface area contributed by atoms with Crippen molar-refractivity contribution in [2.75, 3.05) is 5.43 Å². The number of hydrogen-bond donors (Lipinski definition) is 1. The largest absolute Gasteiger partial charge is 0.273 e. The van der Waals surface area contributed by atoms with E-state index in [2.05, 4.69) is 27.8 Å². The van der Waals surface area contributed by atoms with Crippen molar-refractivity contribution in [3.05, 3.63) is 48.5 Å². The van der Waals surface area contributed by atoms with E-state index in [-0.39, 0.29) is 11.8 Å². The maximum atomic E-state index is 11.9. The molecule has 17 heavy (non-hydrogen) atoms. The van der Waals surface area contributed by atoms with Crippen LogP contribution in [0, 0.1) is 5.92 Å². The summed E-state index contributed by atoms with van der Waals surface area (Å²) >= 11 is 0. The van der Waals surface area contributed by atoms with Gasteiger partial charge in [-0.05, 0) is 17.9 Å². The first-order valence-corrected chi connectivity index (χ1v) is 5.55. The van der Waals surface area contributed by atoms with Crippen LogP contribution in [0.4, 0.5) is 0 Å². The van der Waals surface area contributed by atoms with Crippen LogP contribution in [-0.4, -0.2) is 20.8 Å². The Bertz CT molecular complexity index is 509. The van der Waals surface area contributed by atoms with Crippen LogP contribution < -0.4 is 5.43 Å². The minimum atomic E-state index is 0.0265. The van der Waals surface area contributed by atoms with Gasteiger partial charge in [0.2, 0.25) is 5.91 Å². The Hall–Kier alpha value is -2.17. The van der Waals surface area contributed by atoms with E-state index < -0.39 is 0 Å². The van der Waals surface area contributed by atoms with Crippen LogP contribution in [0.3, 0.4) is 0 Å². The van der Waals surface area contributed by atoms with Gasteiger partial charge in [0, 0.05) is 5.92 Å². The van der Waals surface area contributed by atoms with E-state index in [4.69, 9.17) is 0 Å². The van der Waals surface area contributed by atoms with Crippen LogP contribution in [0.25, 0.3) is 0 Å². The molecule has 2 aromatic rings. The van der Waals surface area contributed by atoms with Gasteiger partial charge in [-0.25, -0.2) is 4.68 Å². The molecule has 0 radical (unpaired) electrons. The maximum absolute atomic E-state index is 11.9. The number of rotatable bonds is 3. The zero-order valence-corrected chi connectivity index (χ0v) is 9.15. The number of amides is 1. The smallest absolute Gasteiger partial charge is 0.242 e. The fraction of sp³-hybridized carbons (Fsp3) is 0.250. The molecular formula is C12H12N4O. The standard InChI is InChI=1S/C12H12N4O/c17-12(15-16-7-13-14-8-16)11-6-10(11)9-4-2-1-3-5-9/h1-5,7-8,10-11H,6H2,(H,15,17). The highest BCUT2D eigenvalue weighted by molar-refractivity contribution is 5.89. The maximum Gasteiger partial charge on any atom is 0.242 e. The fourth-order valence-electron chi connectivity index (χ4n) is 2.02. The normalized spacial score (nSPS) is 22.1. The molecule has 1 aromatic carbocycles. The van der Waals surface area contributed by atoms with Gasteiger partial charge < -0.3 is 0 Å². The predicted octanol–water partition coefficient (Wildman–Crippen LogP) is 1.15. The van der Waals surface area contributed by atoms with E-state index in [1.807, 2.05) is 18.2 Å². The molecule has 1 amide bonds. The molecule has 86 valence electrons. The van der Waals surface area contributed by atoms with Gasteiger partial charge in [0.15, 0.2) is 0 Å². The van der Waals surface area contributed by atoms with E-state index in [0.717, 1.165) is 6.42 Å². The van der Waals surface area contributed by atoms with Crippen molar-refractivity contribution < 1.29 is 4.79 Å². The lowest BCUT2D eigenvalue weighted by molar-refractivity contribution is -0.118. The molecule has 1 saturated carbocycles. The summed E-state index contributed by atoms with van der Waals surface area (Å²) in [5, 5.41) is 7.26. The number of carbonyl (C=O) groups is 1. The van der Waals surface area contributed by atoms with Crippen molar-refractivity contribution in [2.24, 2.45) is 5.92 Å². The van der Waals surface area contributed by atoms with Gasteiger partial charge in [-0.3, -0.25) is 10.2 Å². The summed E-state index contributed by atoms with van der Waals surface area (Å²) in [5.74, 6) is 0.450. The summed E-state index contributed by atoms with van der Waals surface area (Å²) in [6, 6.07) is 10.1. The van der Waals surface area contributed by atoms with Crippen molar-refractivity contribution in [1.29, 1.82) is 0 Å². The summed E-state index contributed by atoms with van der Waals surface area (Å²) in [4.78, 5) is 11.9. The van der Waals surface area contributed by atoms with Gasteiger partial charge in [-0.2, -0.15) is 0 Å². The quantitative estimate of drug-likeness (QED) is 0.857. The summed E-state index contributed by atoms with van der Waals surface area (Å²) in [6.07, 6.45) is 3.85. The zero-order valence-electron chi connectivity index (χ0n) is 9.15. The molecular weight excluding hydrogens is 216 g/mol. The third-order valence-electron chi connectivity index (χ3n) is 3.01. The molecule has 1 heterocycles. The number of carbonyl (C=O) groups excluding carboxylic acids is 1. The van der Waals surface area contributed by atoms with Gasteiger partial charge >= 0.3 is 0 Å². The van der Waals surface area contributed by atoms with Crippen molar-refractivity contribution in [1.82, 2.24) is 14.9 Å². The zero-order chi connectivity index (χ0) is 11.7. The Morgan fingerprint density at radius 3 is 2.65 bits per heavy atom. The number of aromatic nitrogens is 3. The molecule has 2 unspecified atom stereocenters. The van der Waals surface area contributed by atoms with Crippen molar-refractivity contribution in [3.63, 3.8) is 0 Å². The first-order valence-electron chi connectivity index (χ1n) is 5.55. The van der Waals surface area contributed by atoms with E-state index >= 15 is 0 Å². The number of nitrogens with zero attached hydrogens (tertiary/aromatic N) is 3. The minimum Gasteiger partial charge on any atom is -0.273 e. The van der Waals surface area contributed by atoms with Crippen LogP contribution in [0.2, 0.25) is 0 Å². The Morgan fingerprint density at radius 2 is 1.94 bits per heavy atom. The van der Waals surface area contributed by atoms with Crippen molar-refractivity contribution in [2.45, 2.75) is 12.3 Å². The van der Waals surface area contributed by atoms with Crippen LogP contribution in [0.1, 0.15) is 17.9 Å². The van der Waals surface area contributed by atoms with E-state index in [1.165, 1.54) is 22.9 Å². The molecule has 3 rings (SSSR count). The second kappa shape index (κ2) is 4.01. The molecule has 1 N–H and O–H groups in total. The van der Waals surface area contributed by atoms with Gasteiger partial charge in [0.1, 0.15) is 12.7 Å². The summed E-state index contributed by atoms with van der Waals surface area (Å²) in [5.41, 5.74) is 3.97. The summed E-state index contributed by atoms with van der Waals surface area (Å²) < 4.78 is 1.47. The Morgan fingerprint density at radius 1 is 1.24 bits per heavy atom. The predicted molar refractivity (Wildman–Crippen MR) is 61.7 cm³/mol. The van der Waals surface area contributed by atoms with Crippen LogP contribution in [0.5, 0.6) is 0 Å². The Kier molecular flexibility index (Phi) is 2.36. The van der Waals surface area contributed by atoms with Gasteiger partial charge in [-0.15, -0.1) is 10.2 Å². The van der Waals surface area contributed by atoms with Crippen LogP contribution in [0.15, 0.2) is 43.0 Å². The van der Waals surface area contributed by atoms with Gasteiger partial charge in [0.05, 0.1) is 0 Å². The lowest BCUT2D eigenvalue weighted by Gasteiger charge is -2.03. The third kappa shape index (κ3) is 2.04. The van der Waals surface area contributed by atoms with E-state index in [0.29, 0.717) is 5.92 Å². The van der Waals surface area contributed by atoms with Gasteiger partial charge in [-0.1, -0.05) is 30.3 Å². The summed E-state index contributed by atoms with van der Waals surface area (Å²) in [6.45, 7) is 0. The molecule has 2 atom stereocenters. The molecule has 0 saturated heterocycles. The number of nitrogens with one attached hydrogen (secondary N) is 1. The lowest BCUT2D eigenvalue weighted by Crippen LogP contribution is -2.23. The first-order chi connectivity index (χ1) is 8.34. The average Bonchev–Trinajstić information content (AvgIpc) is 3.02. The Labute approximate surface area is 98.5 Å². The summed E-state index contributed by atoms with van der Waals surface area (Å²) in [7, 11) is 0. The van der Waals surface area contributed by atoms with Gasteiger partial charge in [0.25, 0.3) is 0 Å². The number of benzene rings is 1. The second-order valence-corrected chi connectivity index (χ2v) is 4.20. The minimum absolute atomic E-state index is 0.0265. The van der Waals surface area contributed by atoms with E-state index in [9.17, 15) is 4.79 Å². The monoisotopic (exact) mass is 228 g/mol. The molecule has 1 aliphatic rings. The van der Waals surface area contributed by atoms with E-state index in [1.54, 1.807) is 0 Å². The van der Waals surface area contributed by atoms with Crippen LogP contribution in [-0.2, 0) is 4.79 Å². The van der Waals surface area contributed by atoms with Crippen LogP contribution >= 0.6 is 0 Å². The SMILES string of the molecule is O=C(Nn1cnnc1)C1CC1c1ccccc1. The molecule has 1 aliphatic carbocycles. The third-order valence-corrected chi connectivity index (χ3v) is 3.01. The highest BCUT2D eigenvalue weighted by atomic mass is 16.2. The van der Waals surface area contributed by atoms with Crippen molar-refractivity contribution in [3.8, 4) is 0 Å². The second-order valence-electron chi connectivity index (χ2n) is 4.20. The molecule has 1 fully saturated rings. The van der Waals surface area contributed by atoms with Crippen molar-refractivity contribution >= 4 is 5.91 Å². The topological polar surface area (TPSA) is 59.8 Å². The lowest BCUT2D eigenvalue weighted by atomic mass is 10.1. The first kappa shape index (κ1) is 10.0. The Balaban J connectivity index is 1.63. The highest BCUT2D eigenvalue weighted by Gasteiger charge is 2.43. The molecule has 5 nitrogen and oxygen atoms in total. The molecule has 0 aliphatic heterocycles. The highest BCUT2D eigenvalue weighted by Crippen LogP contribution is 2.47. The molecule has 0 bridgehead atoms. The number of hydrogen-bond acceptors (Lipinski definition) is 3. The molecule has 0 spiro atoms. The molecule has 1 aromatic heterocycles. The molecule has 5 heteroatoms.